The quantitative estimate of drug-likeness (QED) is 0.575. The van der Waals surface area contributed by atoms with Crippen LogP contribution in [0.1, 0.15) is 33.6 Å². The first-order chi connectivity index (χ1) is 7.07. The monoisotopic (exact) mass is 217 g/mol. The first-order valence-corrected chi connectivity index (χ1v) is 5.60. The van der Waals surface area contributed by atoms with Crippen molar-refractivity contribution in [2.45, 2.75) is 39.7 Å². The lowest BCUT2D eigenvalue weighted by atomic mass is 10.1. The number of nitrogens with one attached hydrogen (secondary N) is 1. The van der Waals surface area contributed by atoms with Crippen LogP contribution in [0, 0.1) is 5.92 Å². The van der Waals surface area contributed by atoms with Gasteiger partial charge in [-0.05, 0) is 25.8 Å². The lowest BCUT2D eigenvalue weighted by molar-refractivity contribution is -0.137. The fourth-order valence-corrected chi connectivity index (χ4v) is 1.26. The van der Waals surface area contributed by atoms with Crippen LogP contribution < -0.4 is 5.32 Å². The highest BCUT2D eigenvalue weighted by Crippen LogP contribution is 2.02. The Morgan fingerprint density at radius 3 is 2.60 bits per heavy atom. The molecule has 90 valence electrons. The zero-order valence-electron chi connectivity index (χ0n) is 9.95. The van der Waals surface area contributed by atoms with Gasteiger partial charge in [-0.15, -0.1) is 0 Å². The minimum atomic E-state index is -0.734. The molecule has 15 heavy (non-hydrogen) atoms. The van der Waals surface area contributed by atoms with Crippen molar-refractivity contribution in [2.24, 2.45) is 5.92 Å². The van der Waals surface area contributed by atoms with Crippen molar-refractivity contribution in [3.8, 4) is 0 Å². The molecule has 0 aliphatic rings. The third-order valence-corrected chi connectivity index (χ3v) is 2.28. The van der Waals surface area contributed by atoms with Crippen LogP contribution in [0.4, 0.5) is 0 Å². The van der Waals surface area contributed by atoms with Gasteiger partial charge in [0.1, 0.15) is 0 Å². The number of carbonyl (C=O) groups is 1. The van der Waals surface area contributed by atoms with E-state index in [4.69, 9.17) is 9.84 Å². The van der Waals surface area contributed by atoms with E-state index in [1.165, 1.54) is 0 Å². The molecule has 0 radical (unpaired) electrons. The van der Waals surface area contributed by atoms with Crippen LogP contribution in [-0.4, -0.2) is 36.9 Å². The number of hydrogen-bond acceptors (Lipinski definition) is 3. The van der Waals surface area contributed by atoms with E-state index in [0.29, 0.717) is 25.0 Å². The van der Waals surface area contributed by atoms with Crippen LogP contribution >= 0.6 is 0 Å². The summed E-state index contributed by atoms with van der Waals surface area (Å²) in [5.41, 5.74) is 0. The van der Waals surface area contributed by atoms with Gasteiger partial charge in [-0.1, -0.05) is 13.8 Å². The van der Waals surface area contributed by atoms with E-state index < -0.39 is 5.97 Å². The zero-order valence-corrected chi connectivity index (χ0v) is 9.95. The van der Waals surface area contributed by atoms with Crippen molar-refractivity contribution in [2.75, 3.05) is 19.8 Å². The molecule has 0 bridgehead atoms. The molecule has 0 fully saturated rings. The summed E-state index contributed by atoms with van der Waals surface area (Å²) in [6, 6.07) is 0.318. The van der Waals surface area contributed by atoms with Gasteiger partial charge in [0, 0.05) is 19.1 Å². The van der Waals surface area contributed by atoms with E-state index >= 15 is 0 Å². The number of rotatable bonds is 9. The Labute approximate surface area is 92.0 Å². The van der Waals surface area contributed by atoms with Gasteiger partial charge in [-0.3, -0.25) is 4.79 Å². The molecule has 1 unspecified atom stereocenters. The van der Waals surface area contributed by atoms with Crippen LogP contribution in [-0.2, 0) is 9.53 Å². The second kappa shape index (κ2) is 8.68. The summed E-state index contributed by atoms with van der Waals surface area (Å²) < 4.78 is 5.36. The van der Waals surface area contributed by atoms with E-state index in [1.807, 2.05) is 6.92 Å². The van der Waals surface area contributed by atoms with Gasteiger partial charge in [0.15, 0.2) is 0 Å². The Kier molecular flexibility index (Phi) is 8.33. The Morgan fingerprint density at radius 1 is 1.47 bits per heavy atom. The molecule has 0 saturated carbocycles. The van der Waals surface area contributed by atoms with E-state index in [1.54, 1.807) is 0 Å². The van der Waals surface area contributed by atoms with Crippen LogP contribution in [0.25, 0.3) is 0 Å². The number of hydrogen-bond donors (Lipinski definition) is 2. The molecule has 0 aromatic heterocycles. The van der Waals surface area contributed by atoms with Gasteiger partial charge >= 0.3 is 5.97 Å². The molecule has 2 N–H and O–H groups in total. The standard InChI is InChI=1S/C11H23NO3/c1-4-15-8-10(9(2)3)12-7-5-6-11(13)14/h9-10,12H,4-8H2,1-3H3,(H,13,14). The van der Waals surface area contributed by atoms with Gasteiger partial charge in [0.2, 0.25) is 0 Å². The molecule has 0 aliphatic carbocycles. The maximum Gasteiger partial charge on any atom is 0.303 e. The SMILES string of the molecule is CCOCC(NCCCC(=O)O)C(C)C. The maximum atomic E-state index is 10.3. The van der Waals surface area contributed by atoms with Crippen LogP contribution in [0.3, 0.4) is 0 Å². The predicted octanol–water partition coefficient (Wildman–Crippen LogP) is 1.50. The number of carboxylic acids is 1. The highest BCUT2D eigenvalue weighted by Gasteiger charge is 2.12. The minimum absolute atomic E-state index is 0.229. The number of aliphatic carboxylic acids is 1. The van der Waals surface area contributed by atoms with Crippen molar-refractivity contribution in [1.29, 1.82) is 0 Å². The summed E-state index contributed by atoms with van der Waals surface area (Å²) >= 11 is 0. The van der Waals surface area contributed by atoms with Gasteiger partial charge in [0.05, 0.1) is 6.61 Å². The van der Waals surface area contributed by atoms with E-state index in [9.17, 15) is 4.79 Å². The van der Waals surface area contributed by atoms with Crippen LogP contribution in [0.2, 0.25) is 0 Å². The first kappa shape index (κ1) is 14.4. The normalized spacial score (nSPS) is 13.1. The topological polar surface area (TPSA) is 58.6 Å². The molecule has 0 aromatic rings. The van der Waals surface area contributed by atoms with Crippen molar-refractivity contribution < 1.29 is 14.6 Å². The van der Waals surface area contributed by atoms with Crippen molar-refractivity contribution in [3.05, 3.63) is 0 Å². The molecule has 0 aromatic carbocycles. The van der Waals surface area contributed by atoms with Gasteiger partial charge in [-0.25, -0.2) is 0 Å². The Balaban J connectivity index is 3.61. The average molecular weight is 217 g/mol. The molecular formula is C11H23NO3. The van der Waals surface area contributed by atoms with Gasteiger partial charge in [-0.2, -0.15) is 0 Å². The summed E-state index contributed by atoms with van der Waals surface area (Å²) in [4.78, 5) is 10.3. The molecule has 0 saturated heterocycles. The van der Waals surface area contributed by atoms with Crippen molar-refractivity contribution >= 4 is 5.97 Å². The third kappa shape index (κ3) is 8.39. The highest BCUT2D eigenvalue weighted by molar-refractivity contribution is 5.66. The Morgan fingerprint density at radius 2 is 2.13 bits per heavy atom. The molecule has 4 heteroatoms. The summed E-state index contributed by atoms with van der Waals surface area (Å²) in [6.07, 6.45) is 0.900. The second-order valence-electron chi connectivity index (χ2n) is 3.96. The van der Waals surface area contributed by atoms with Crippen molar-refractivity contribution in [3.63, 3.8) is 0 Å². The Bertz CT molecular complexity index is 171. The molecule has 0 aliphatic heterocycles. The zero-order chi connectivity index (χ0) is 11.7. The number of carboxylic acid groups (broad SMARTS) is 1. The van der Waals surface area contributed by atoms with Gasteiger partial charge < -0.3 is 15.2 Å². The second-order valence-corrected chi connectivity index (χ2v) is 3.96. The van der Waals surface area contributed by atoms with E-state index in [-0.39, 0.29) is 6.42 Å². The fraction of sp³-hybridized carbons (Fsp3) is 0.909. The Hall–Kier alpha value is -0.610. The summed E-state index contributed by atoms with van der Waals surface area (Å²) in [6.45, 7) is 8.40. The first-order valence-electron chi connectivity index (χ1n) is 5.60. The van der Waals surface area contributed by atoms with Crippen LogP contribution in [0.5, 0.6) is 0 Å². The van der Waals surface area contributed by atoms with Gasteiger partial charge in [0.25, 0.3) is 0 Å². The molecular weight excluding hydrogens is 194 g/mol. The molecule has 1 atom stereocenters. The lowest BCUT2D eigenvalue weighted by Gasteiger charge is -2.21. The third-order valence-electron chi connectivity index (χ3n) is 2.28. The largest absolute Gasteiger partial charge is 0.481 e. The van der Waals surface area contributed by atoms with Crippen molar-refractivity contribution in [1.82, 2.24) is 5.32 Å². The summed E-state index contributed by atoms with van der Waals surface area (Å²) in [5, 5.41) is 11.8. The van der Waals surface area contributed by atoms with E-state index in [0.717, 1.165) is 13.2 Å². The molecule has 0 rings (SSSR count). The predicted molar refractivity (Wildman–Crippen MR) is 60.0 cm³/mol. The highest BCUT2D eigenvalue weighted by atomic mass is 16.5. The average Bonchev–Trinajstić information content (AvgIpc) is 2.15. The summed E-state index contributed by atoms with van der Waals surface area (Å²) in [5.74, 6) is -0.232. The molecule has 4 nitrogen and oxygen atoms in total. The molecule has 0 heterocycles. The number of ether oxygens (including phenoxy) is 1. The minimum Gasteiger partial charge on any atom is -0.481 e. The van der Waals surface area contributed by atoms with Crippen LogP contribution in [0.15, 0.2) is 0 Å². The smallest absolute Gasteiger partial charge is 0.303 e. The maximum absolute atomic E-state index is 10.3. The summed E-state index contributed by atoms with van der Waals surface area (Å²) in [7, 11) is 0. The molecule has 0 amide bonds. The van der Waals surface area contributed by atoms with E-state index in [2.05, 4.69) is 19.2 Å². The molecule has 0 spiro atoms. The lowest BCUT2D eigenvalue weighted by Crippen LogP contribution is -2.38. The fourth-order valence-electron chi connectivity index (χ4n) is 1.26.